The lowest BCUT2D eigenvalue weighted by atomic mass is 10.3. The van der Waals surface area contributed by atoms with Crippen LogP contribution in [-0.4, -0.2) is 67.2 Å². The summed E-state index contributed by atoms with van der Waals surface area (Å²) in [6, 6.07) is 5.49. The molecule has 0 bridgehead atoms. The van der Waals surface area contributed by atoms with E-state index in [-0.39, 0.29) is 0 Å². The molecule has 152 valence electrons. The Hall–Kier alpha value is -1.81. The Morgan fingerprint density at radius 3 is 2.36 bits per heavy atom. The molecule has 0 spiro atoms. The SMILES string of the molecule is Cc1nc(SCCN2CCCC2)nn1-c1ccc(Cl)c(Cl)c1.O=C(O)C(=O)O. The van der Waals surface area contributed by atoms with Gasteiger partial charge < -0.3 is 15.1 Å². The highest BCUT2D eigenvalue weighted by Gasteiger charge is 2.13. The number of nitrogens with zero attached hydrogens (tertiary/aromatic N) is 4. The summed E-state index contributed by atoms with van der Waals surface area (Å²) in [4.78, 5) is 25.2. The van der Waals surface area contributed by atoms with E-state index >= 15 is 0 Å². The van der Waals surface area contributed by atoms with E-state index in [4.69, 9.17) is 43.0 Å². The molecule has 0 unspecified atom stereocenters. The molecule has 3 rings (SSSR count). The Kier molecular flexibility index (Phi) is 8.56. The number of hydrogen-bond acceptors (Lipinski definition) is 6. The van der Waals surface area contributed by atoms with Crippen molar-refractivity contribution in [1.82, 2.24) is 19.7 Å². The lowest BCUT2D eigenvalue weighted by molar-refractivity contribution is -0.159. The molecule has 0 atom stereocenters. The molecule has 8 nitrogen and oxygen atoms in total. The lowest BCUT2D eigenvalue weighted by Crippen LogP contribution is -2.21. The van der Waals surface area contributed by atoms with Crippen LogP contribution >= 0.6 is 35.0 Å². The van der Waals surface area contributed by atoms with Gasteiger partial charge in [0.25, 0.3) is 0 Å². The Labute approximate surface area is 176 Å². The molecule has 0 aliphatic carbocycles. The van der Waals surface area contributed by atoms with Gasteiger partial charge in [-0.1, -0.05) is 35.0 Å². The number of thioether (sulfide) groups is 1. The molecule has 1 fully saturated rings. The molecule has 1 aromatic carbocycles. The zero-order chi connectivity index (χ0) is 20.7. The predicted molar refractivity (Wildman–Crippen MR) is 108 cm³/mol. The first-order valence-electron chi connectivity index (χ1n) is 8.48. The number of benzene rings is 1. The van der Waals surface area contributed by atoms with E-state index in [1.807, 2.05) is 19.1 Å². The van der Waals surface area contributed by atoms with Crippen LogP contribution in [-0.2, 0) is 9.59 Å². The van der Waals surface area contributed by atoms with Crippen LogP contribution in [0.4, 0.5) is 0 Å². The second-order valence-corrected chi connectivity index (χ2v) is 7.84. The van der Waals surface area contributed by atoms with E-state index in [0.717, 1.165) is 29.0 Å². The summed E-state index contributed by atoms with van der Waals surface area (Å²) in [5.74, 6) is -1.78. The molecule has 0 amide bonds. The molecular formula is C17H20Cl2N4O4S. The van der Waals surface area contributed by atoms with Crippen LogP contribution in [0.1, 0.15) is 18.7 Å². The first-order chi connectivity index (χ1) is 13.3. The zero-order valence-electron chi connectivity index (χ0n) is 15.1. The van der Waals surface area contributed by atoms with E-state index in [1.165, 1.54) is 25.9 Å². The molecule has 2 heterocycles. The van der Waals surface area contributed by atoms with Gasteiger partial charge in [0.05, 0.1) is 15.7 Å². The van der Waals surface area contributed by atoms with Gasteiger partial charge in [-0.15, -0.1) is 5.10 Å². The average Bonchev–Trinajstić information content (AvgIpc) is 3.28. The number of carboxylic acid groups (broad SMARTS) is 2. The minimum Gasteiger partial charge on any atom is -0.473 e. The lowest BCUT2D eigenvalue weighted by Gasteiger charge is -2.12. The summed E-state index contributed by atoms with van der Waals surface area (Å²) in [5.41, 5.74) is 0.880. The highest BCUT2D eigenvalue weighted by atomic mass is 35.5. The van der Waals surface area contributed by atoms with Crippen LogP contribution in [0.5, 0.6) is 0 Å². The normalized spacial score (nSPS) is 13.8. The van der Waals surface area contributed by atoms with Crippen molar-refractivity contribution in [3.05, 3.63) is 34.1 Å². The molecule has 1 aliphatic rings. The standard InChI is InChI=1S/C15H18Cl2N4S.C2H2O4/c1-11-18-15(22-9-8-20-6-2-3-7-20)19-21(11)12-4-5-13(16)14(17)10-12;3-1(4)2(5)6/h4-5,10H,2-3,6-9H2,1H3;(H,3,4)(H,5,6). The maximum atomic E-state index is 9.10. The Morgan fingerprint density at radius 2 is 1.79 bits per heavy atom. The summed E-state index contributed by atoms with van der Waals surface area (Å²) in [6.07, 6.45) is 2.65. The van der Waals surface area contributed by atoms with Crippen LogP contribution in [0.3, 0.4) is 0 Å². The van der Waals surface area contributed by atoms with Crippen LogP contribution in [0.25, 0.3) is 5.69 Å². The second kappa shape index (κ2) is 10.7. The van der Waals surface area contributed by atoms with Crippen molar-refractivity contribution in [3.63, 3.8) is 0 Å². The van der Waals surface area contributed by atoms with Gasteiger partial charge in [-0.2, -0.15) is 0 Å². The highest BCUT2D eigenvalue weighted by molar-refractivity contribution is 7.99. The van der Waals surface area contributed by atoms with Gasteiger partial charge in [0.1, 0.15) is 5.82 Å². The number of rotatable bonds is 5. The third kappa shape index (κ3) is 6.66. The Morgan fingerprint density at radius 1 is 1.14 bits per heavy atom. The number of carboxylic acids is 2. The van der Waals surface area contributed by atoms with Gasteiger partial charge >= 0.3 is 11.9 Å². The van der Waals surface area contributed by atoms with Gasteiger partial charge in [0.2, 0.25) is 5.16 Å². The van der Waals surface area contributed by atoms with Crippen LogP contribution in [0.15, 0.2) is 23.4 Å². The quantitative estimate of drug-likeness (QED) is 0.531. The smallest absolute Gasteiger partial charge is 0.414 e. The summed E-state index contributed by atoms with van der Waals surface area (Å²) in [5, 5.41) is 21.2. The van der Waals surface area contributed by atoms with Crippen molar-refractivity contribution in [2.75, 3.05) is 25.4 Å². The largest absolute Gasteiger partial charge is 0.473 e. The molecule has 1 aromatic heterocycles. The first kappa shape index (κ1) is 22.5. The Bertz CT molecular complexity index is 829. The minimum atomic E-state index is -1.82. The molecule has 11 heteroatoms. The number of aryl methyl sites for hydroxylation is 1. The van der Waals surface area contributed by atoms with E-state index < -0.39 is 11.9 Å². The number of aliphatic carboxylic acids is 2. The highest BCUT2D eigenvalue weighted by Crippen LogP contribution is 2.25. The van der Waals surface area contributed by atoms with Gasteiger partial charge in [-0.3, -0.25) is 0 Å². The molecule has 1 saturated heterocycles. The molecular weight excluding hydrogens is 427 g/mol. The third-order valence-corrected chi connectivity index (χ3v) is 5.47. The summed E-state index contributed by atoms with van der Waals surface area (Å²) < 4.78 is 1.81. The monoisotopic (exact) mass is 446 g/mol. The van der Waals surface area contributed by atoms with E-state index in [1.54, 1.807) is 22.5 Å². The van der Waals surface area contributed by atoms with E-state index in [0.29, 0.717) is 10.0 Å². The molecule has 1 aliphatic heterocycles. The third-order valence-electron chi connectivity index (χ3n) is 3.92. The van der Waals surface area contributed by atoms with Gasteiger partial charge in [-0.05, 0) is 51.1 Å². The van der Waals surface area contributed by atoms with Crippen LogP contribution in [0.2, 0.25) is 10.0 Å². The predicted octanol–water partition coefficient (Wildman–Crippen LogP) is 3.23. The molecule has 0 radical (unpaired) electrons. The molecule has 28 heavy (non-hydrogen) atoms. The van der Waals surface area contributed by atoms with Gasteiger partial charge in [0.15, 0.2) is 0 Å². The zero-order valence-corrected chi connectivity index (χ0v) is 17.5. The molecule has 2 N–H and O–H groups in total. The first-order valence-corrected chi connectivity index (χ1v) is 10.2. The summed E-state index contributed by atoms with van der Waals surface area (Å²) >= 11 is 13.7. The fourth-order valence-electron chi connectivity index (χ4n) is 2.56. The number of aromatic nitrogens is 3. The Balaban J connectivity index is 0.000000409. The van der Waals surface area contributed by atoms with Crippen molar-refractivity contribution in [2.45, 2.75) is 24.9 Å². The average molecular weight is 447 g/mol. The van der Waals surface area contributed by atoms with Crippen molar-refractivity contribution in [2.24, 2.45) is 0 Å². The number of carbonyl (C=O) groups is 2. The fourth-order valence-corrected chi connectivity index (χ4v) is 3.72. The number of halogens is 2. The molecule has 0 saturated carbocycles. The minimum absolute atomic E-state index is 0.525. The summed E-state index contributed by atoms with van der Waals surface area (Å²) in [7, 11) is 0. The van der Waals surface area contributed by atoms with E-state index in [9.17, 15) is 0 Å². The topological polar surface area (TPSA) is 109 Å². The van der Waals surface area contributed by atoms with E-state index in [2.05, 4.69) is 15.0 Å². The maximum Gasteiger partial charge on any atom is 0.414 e. The summed E-state index contributed by atoms with van der Waals surface area (Å²) in [6.45, 7) is 5.50. The molecule has 2 aromatic rings. The van der Waals surface area contributed by atoms with Crippen LogP contribution < -0.4 is 0 Å². The van der Waals surface area contributed by atoms with Crippen molar-refractivity contribution < 1.29 is 19.8 Å². The van der Waals surface area contributed by atoms with Crippen molar-refractivity contribution >= 4 is 46.9 Å². The van der Waals surface area contributed by atoms with Gasteiger partial charge in [0, 0.05) is 12.3 Å². The van der Waals surface area contributed by atoms with Gasteiger partial charge in [-0.25, -0.2) is 19.3 Å². The second-order valence-electron chi connectivity index (χ2n) is 5.96. The fraction of sp³-hybridized carbons (Fsp3) is 0.412. The van der Waals surface area contributed by atoms with Crippen LogP contribution in [0, 0.1) is 6.92 Å². The number of hydrogen-bond donors (Lipinski definition) is 2. The maximum absolute atomic E-state index is 9.10. The van der Waals surface area contributed by atoms with Crippen molar-refractivity contribution in [3.8, 4) is 5.69 Å². The number of likely N-dealkylation sites (tertiary alicyclic amines) is 1. The van der Waals surface area contributed by atoms with Crippen molar-refractivity contribution in [1.29, 1.82) is 0 Å².